The van der Waals surface area contributed by atoms with Crippen molar-refractivity contribution < 1.29 is 35.9 Å². The first-order chi connectivity index (χ1) is 15.8. The van der Waals surface area contributed by atoms with Crippen molar-refractivity contribution in [1.82, 2.24) is 14.8 Å². The summed E-state index contributed by atoms with van der Waals surface area (Å²) in [6, 6.07) is 11.5. The zero-order valence-corrected chi connectivity index (χ0v) is 17.6. The molecule has 4 rings (SSSR count). The normalized spacial score (nSPS) is 18.6. The van der Waals surface area contributed by atoms with Gasteiger partial charge in [0.1, 0.15) is 0 Å². The third-order valence-electron chi connectivity index (χ3n) is 5.18. The van der Waals surface area contributed by atoms with Crippen LogP contribution in [0.1, 0.15) is 36.2 Å². The second-order valence-electron chi connectivity index (χ2n) is 7.55. The van der Waals surface area contributed by atoms with Gasteiger partial charge >= 0.3 is 12.4 Å². The average molecular weight is 482 g/mol. The third-order valence-corrected chi connectivity index (χ3v) is 5.18. The zero-order chi connectivity index (χ0) is 24.9. The smallest absolute Gasteiger partial charge is 0.434 e. The lowest BCUT2D eigenvalue weighted by molar-refractivity contribution is -0.147. The standard InChI is InChI=1S/C22H16F6N4O2/c1-13(33)32-20(2,14-7-6-8-15(11-14)21(23,24)25)34-19(30-32)17-12-29-31(18(17)22(26,27)28)16-9-4-3-5-10-16/h3-12H,1-2H3. The Morgan fingerprint density at radius 3 is 2.24 bits per heavy atom. The number of alkyl halides is 6. The van der Waals surface area contributed by atoms with E-state index >= 15 is 0 Å². The molecule has 2 aromatic carbocycles. The number of carbonyl (C=O) groups excluding carboxylic acids is 1. The Kier molecular flexibility index (Phi) is 5.41. The van der Waals surface area contributed by atoms with Crippen LogP contribution in [0.4, 0.5) is 26.3 Å². The maximum absolute atomic E-state index is 14.1. The van der Waals surface area contributed by atoms with Crippen LogP contribution >= 0.6 is 0 Å². The molecule has 0 spiro atoms. The van der Waals surface area contributed by atoms with Crippen LogP contribution in [0, 0.1) is 0 Å². The van der Waals surface area contributed by atoms with Gasteiger partial charge in [0.2, 0.25) is 17.5 Å². The largest absolute Gasteiger partial charge is 0.443 e. The van der Waals surface area contributed by atoms with Crippen LogP contribution in [-0.2, 0) is 27.6 Å². The van der Waals surface area contributed by atoms with Gasteiger partial charge < -0.3 is 4.74 Å². The molecule has 1 aliphatic heterocycles. The second kappa shape index (κ2) is 7.89. The van der Waals surface area contributed by atoms with Gasteiger partial charge in [-0.25, -0.2) is 4.68 Å². The molecule has 0 saturated carbocycles. The van der Waals surface area contributed by atoms with E-state index in [1.54, 1.807) is 6.07 Å². The van der Waals surface area contributed by atoms with Gasteiger partial charge in [-0.05, 0) is 24.3 Å². The SMILES string of the molecule is CC(=O)N1N=C(c2cnn(-c3ccccc3)c2C(F)(F)F)OC1(C)c1cccc(C(F)(F)F)c1. The maximum atomic E-state index is 14.1. The molecule has 6 nitrogen and oxygen atoms in total. The van der Waals surface area contributed by atoms with Crippen molar-refractivity contribution in [3.63, 3.8) is 0 Å². The molecule has 1 aliphatic rings. The molecule has 0 N–H and O–H groups in total. The number of amides is 1. The van der Waals surface area contributed by atoms with Crippen LogP contribution in [0.2, 0.25) is 0 Å². The van der Waals surface area contributed by atoms with Crippen molar-refractivity contribution in [2.45, 2.75) is 31.9 Å². The number of hydrogen-bond donors (Lipinski definition) is 0. The summed E-state index contributed by atoms with van der Waals surface area (Å²) in [5.74, 6) is -1.36. The Bertz CT molecular complexity index is 1270. The minimum Gasteiger partial charge on any atom is -0.443 e. The van der Waals surface area contributed by atoms with Crippen LogP contribution < -0.4 is 0 Å². The molecule has 3 aromatic rings. The topological polar surface area (TPSA) is 59.7 Å². The van der Waals surface area contributed by atoms with E-state index in [0.717, 1.165) is 31.3 Å². The molecule has 2 heterocycles. The predicted molar refractivity (Wildman–Crippen MR) is 108 cm³/mol. The van der Waals surface area contributed by atoms with E-state index < -0.39 is 46.7 Å². The molecule has 0 radical (unpaired) electrons. The quantitative estimate of drug-likeness (QED) is 0.475. The van der Waals surface area contributed by atoms with Gasteiger partial charge in [0.15, 0.2) is 5.69 Å². The Morgan fingerprint density at radius 2 is 1.65 bits per heavy atom. The fourth-order valence-electron chi connectivity index (χ4n) is 3.63. The number of hydrazone groups is 1. The summed E-state index contributed by atoms with van der Waals surface area (Å²) in [4.78, 5) is 12.3. The van der Waals surface area contributed by atoms with E-state index in [0.29, 0.717) is 9.69 Å². The van der Waals surface area contributed by atoms with Crippen molar-refractivity contribution in [2.24, 2.45) is 5.10 Å². The highest BCUT2D eigenvalue weighted by Gasteiger charge is 2.49. The average Bonchev–Trinajstić information content (AvgIpc) is 3.36. The van der Waals surface area contributed by atoms with Crippen molar-refractivity contribution >= 4 is 11.8 Å². The number of hydrogen-bond acceptors (Lipinski definition) is 4. The molecule has 0 aliphatic carbocycles. The van der Waals surface area contributed by atoms with Crippen molar-refractivity contribution in [2.75, 3.05) is 0 Å². The fourth-order valence-corrected chi connectivity index (χ4v) is 3.63. The summed E-state index contributed by atoms with van der Waals surface area (Å²) in [6.07, 6.45) is -8.70. The van der Waals surface area contributed by atoms with Crippen LogP contribution in [0.15, 0.2) is 65.9 Å². The van der Waals surface area contributed by atoms with Gasteiger partial charge in [-0.2, -0.15) is 36.5 Å². The lowest BCUT2D eigenvalue weighted by atomic mass is 10.0. The molecule has 12 heteroatoms. The summed E-state index contributed by atoms with van der Waals surface area (Å²) < 4.78 is 88.2. The summed E-state index contributed by atoms with van der Waals surface area (Å²) in [5, 5.41) is 8.43. The van der Waals surface area contributed by atoms with Crippen LogP contribution in [0.5, 0.6) is 0 Å². The number of benzene rings is 2. The highest BCUT2D eigenvalue weighted by molar-refractivity contribution is 5.98. The number of rotatable bonds is 3. The van der Waals surface area contributed by atoms with Gasteiger partial charge in [-0.3, -0.25) is 4.79 Å². The van der Waals surface area contributed by atoms with Crippen LogP contribution in [0.25, 0.3) is 5.69 Å². The maximum Gasteiger partial charge on any atom is 0.434 e. The van der Waals surface area contributed by atoms with Crippen LogP contribution in [0.3, 0.4) is 0 Å². The summed E-state index contributed by atoms with van der Waals surface area (Å²) >= 11 is 0. The Hall–Kier alpha value is -3.83. The molecule has 34 heavy (non-hydrogen) atoms. The third kappa shape index (κ3) is 3.99. The van der Waals surface area contributed by atoms with E-state index in [9.17, 15) is 31.1 Å². The minimum atomic E-state index is -4.90. The van der Waals surface area contributed by atoms with Crippen molar-refractivity contribution in [3.05, 3.63) is 83.2 Å². The molecule has 178 valence electrons. The second-order valence-corrected chi connectivity index (χ2v) is 7.55. The first-order valence-corrected chi connectivity index (χ1v) is 9.79. The predicted octanol–water partition coefficient (Wildman–Crippen LogP) is 5.32. The molecule has 1 aromatic heterocycles. The van der Waals surface area contributed by atoms with Crippen molar-refractivity contribution in [3.8, 4) is 5.69 Å². The number of carbonyl (C=O) groups is 1. The first-order valence-electron chi connectivity index (χ1n) is 9.79. The summed E-state index contributed by atoms with van der Waals surface area (Å²) in [5.41, 5.74) is -4.74. The fraction of sp³-hybridized carbons (Fsp3) is 0.227. The van der Waals surface area contributed by atoms with Gasteiger partial charge in [-0.15, -0.1) is 5.10 Å². The number of para-hydroxylation sites is 1. The first kappa shape index (κ1) is 23.3. The van der Waals surface area contributed by atoms with E-state index in [4.69, 9.17) is 4.74 Å². The Balaban J connectivity index is 1.83. The van der Waals surface area contributed by atoms with Gasteiger partial charge in [-0.1, -0.05) is 30.3 Å². The Labute approximate surface area is 189 Å². The number of ether oxygens (including phenoxy) is 1. The molecule has 0 saturated heterocycles. The lowest BCUT2D eigenvalue weighted by Gasteiger charge is -2.31. The van der Waals surface area contributed by atoms with E-state index in [-0.39, 0.29) is 11.3 Å². The molecular weight excluding hydrogens is 466 g/mol. The zero-order valence-electron chi connectivity index (χ0n) is 17.6. The van der Waals surface area contributed by atoms with Gasteiger partial charge in [0, 0.05) is 19.4 Å². The highest BCUT2D eigenvalue weighted by Crippen LogP contribution is 2.41. The molecule has 1 atom stereocenters. The molecule has 1 amide bonds. The van der Waals surface area contributed by atoms with Crippen molar-refractivity contribution in [1.29, 1.82) is 0 Å². The molecular formula is C22H16F6N4O2. The van der Waals surface area contributed by atoms with E-state index in [1.165, 1.54) is 37.3 Å². The number of aromatic nitrogens is 2. The monoisotopic (exact) mass is 482 g/mol. The summed E-state index contributed by atoms with van der Waals surface area (Å²) in [7, 11) is 0. The molecule has 0 fully saturated rings. The molecule has 0 bridgehead atoms. The van der Waals surface area contributed by atoms with Crippen LogP contribution in [-0.4, -0.2) is 26.6 Å². The Morgan fingerprint density at radius 1 is 0.971 bits per heavy atom. The number of halogens is 6. The van der Waals surface area contributed by atoms with Gasteiger partial charge in [0.25, 0.3) is 0 Å². The summed E-state index contributed by atoms with van der Waals surface area (Å²) in [6.45, 7) is 2.31. The van der Waals surface area contributed by atoms with Gasteiger partial charge in [0.05, 0.1) is 23.0 Å². The molecule has 1 unspecified atom stereocenters. The minimum absolute atomic E-state index is 0.115. The lowest BCUT2D eigenvalue weighted by Crippen LogP contribution is -2.41. The number of nitrogens with zero attached hydrogens (tertiary/aromatic N) is 4. The van der Waals surface area contributed by atoms with E-state index in [1.807, 2.05) is 0 Å². The van der Waals surface area contributed by atoms with E-state index in [2.05, 4.69) is 10.2 Å². The highest BCUT2D eigenvalue weighted by atomic mass is 19.4.